The van der Waals surface area contributed by atoms with Crippen molar-refractivity contribution in [3.8, 4) is 0 Å². The van der Waals surface area contributed by atoms with Gasteiger partial charge in [0.05, 0.1) is 11.5 Å². The summed E-state index contributed by atoms with van der Waals surface area (Å²) in [5, 5.41) is 2.93. The first kappa shape index (κ1) is 16.1. The highest BCUT2D eigenvalue weighted by atomic mass is 32.2. The zero-order valence-corrected chi connectivity index (χ0v) is 13.5. The van der Waals surface area contributed by atoms with Crippen LogP contribution in [0.1, 0.15) is 32.7 Å². The van der Waals surface area contributed by atoms with Crippen molar-refractivity contribution in [2.45, 2.75) is 32.7 Å². The number of nitrogens with one attached hydrogen (secondary N) is 1. The largest absolute Gasteiger partial charge is 0.354 e. The fraction of sp³-hybridized carbons (Fsp3) is 0.667. The Balaban J connectivity index is 1.93. The highest BCUT2D eigenvalue weighted by Crippen LogP contribution is 2.20. The minimum atomic E-state index is -2.88. The third kappa shape index (κ3) is 4.59. The lowest BCUT2D eigenvalue weighted by Crippen LogP contribution is -2.36. The molecule has 0 radical (unpaired) electrons. The van der Waals surface area contributed by atoms with E-state index in [4.69, 9.17) is 0 Å². The number of rotatable bonds is 6. The van der Waals surface area contributed by atoms with Gasteiger partial charge in [0, 0.05) is 18.9 Å². The molecule has 2 heterocycles. The maximum absolute atomic E-state index is 12.4. The standard InChI is InChI=1S/C15H24N2O3S/c1-12(2)9-14(17-6-3-4-7-17)15(18)16-10-13-5-8-21(19,20)11-13/h3-4,6-7,12-14H,5,8-11H2,1-2H3,(H,16,18)/t13-,14+/m0/s1. The summed E-state index contributed by atoms with van der Waals surface area (Å²) in [4.78, 5) is 12.4. The molecule has 6 heteroatoms. The van der Waals surface area contributed by atoms with E-state index in [0.29, 0.717) is 18.9 Å². The van der Waals surface area contributed by atoms with Crippen LogP contribution in [-0.4, -0.2) is 36.9 Å². The van der Waals surface area contributed by atoms with Crippen LogP contribution in [0.5, 0.6) is 0 Å². The molecule has 1 saturated heterocycles. The second-order valence-electron chi connectivity index (χ2n) is 6.29. The van der Waals surface area contributed by atoms with Gasteiger partial charge in [0.2, 0.25) is 5.91 Å². The first-order chi connectivity index (χ1) is 9.87. The molecule has 2 rings (SSSR count). The second kappa shape index (κ2) is 6.64. The number of hydrogen-bond donors (Lipinski definition) is 1. The van der Waals surface area contributed by atoms with Gasteiger partial charge in [0.25, 0.3) is 0 Å². The maximum Gasteiger partial charge on any atom is 0.243 e. The zero-order valence-electron chi connectivity index (χ0n) is 12.7. The number of carbonyl (C=O) groups excluding carboxylic acids is 1. The molecule has 0 bridgehead atoms. The topological polar surface area (TPSA) is 68.2 Å². The fourth-order valence-electron chi connectivity index (χ4n) is 2.76. The van der Waals surface area contributed by atoms with Crippen LogP contribution in [0.25, 0.3) is 0 Å². The molecule has 2 atom stereocenters. The van der Waals surface area contributed by atoms with E-state index in [1.807, 2.05) is 29.1 Å². The Morgan fingerprint density at radius 2 is 2.00 bits per heavy atom. The SMILES string of the molecule is CC(C)C[C@H](C(=O)NC[C@@H]1CCS(=O)(=O)C1)n1cccc1. The normalized spacial score (nSPS) is 22.3. The third-order valence-electron chi connectivity index (χ3n) is 3.88. The average Bonchev–Trinajstić information content (AvgIpc) is 3.02. The van der Waals surface area contributed by atoms with E-state index >= 15 is 0 Å². The molecule has 1 aliphatic heterocycles. The van der Waals surface area contributed by atoms with E-state index in [9.17, 15) is 13.2 Å². The number of carbonyl (C=O) groups is 1. The highest BCUT2D eigenvalue weighted by molar-refractivity contribution is 7.91. The third-order valence-corrected chi connectivity index (χ3v) is 5.71. The lowest BCUT2D eigenvalue weighted by atomic mass is 10.0. The van der Waals surface area contributed by atoms with E-state index < -0.39 is 9.84 Å². The number of aromatic nitrogens is 1. The first-order valence-electron chi connectivity index (χ1n) is 7.48. The monoisotopic (exact) mass is 312 g/mol. The quantitative estimate of drug-likeness (QED) is 0.868. The zero-order chi connectivity index (χ0) is 15.5. The van der Waals surface area contributed by atoms with Crippen molar-refractivity contribution in [2.24, 2.45) is 11.8 Å². The van der Waals surface area contributed by atoms with Crippen LogP contribution in [0.2, 0.25) is 0 Å². The fourth-order valence-corrected chi connectivity index (χ4v) is 4.62. The highest BCUT2D eigenvalue weighted by Gasteiger charge is 2.29. The Morgan fingerprint density at radius 1 is 1.33 bits per heavy atom. The molecule has 0 saturated carbocycles. The molecule has 1 aromatic rings. The molecule has 0 aromatic carbocycles. The minimum absolute atomic E-state index is 0.0239. The van der Waals surface area contributed by atoms with Gasteiger partial charge in [0.15, 0.2) is 9.84 Å². The van der Waals surface area contributed by atoms with E-state index in [1.165, 1.54) is 0 Å². The molecule has 0 spiro atoms. The Labute approximate surface area is 126 Å². The lowest BCUT2D eigenvalue weighted by Gasteiger charge is -2.21. The molecule has 0 aliphatic carbocycles. The summed E-state index contributed by atoms with van der Waals surface area (Å²) in [5.74, 6) is 0.897. The van der Waals surface area contributed by atoms with Crippen LogP contribution in [0, 0.1) is 11.8 Å². The van der Waals surface area contributed by atoms with Crippen LogP contribution in [0.3, 0.4) is 0 Å². The summed E-state index contributed by atoms with van der Waals surface area (Å²) in [6.45, 7) is 4.63. The molecule has 21 heavy (non-hydrogen) atoms. The van der Waals surface area contributed by atoms with E-state index in [-0.39, 0.29) is 29.4 Å². The van der Waals surface area contributed by atoms with Crippen molar-refractivity contribution >= 4 is 15.7 Å². The smallest absolute Gasteiger partial charge is 0.243 e. The van der Waals surface area contributed by atoms with Gasteiger partial charge in [-0.15, -0.1) is 0 Å². The molecule has 0 unspecified atom stereocenters. The van der Waals surface area contributed by atoms with Crippen molar-refractivity contribution < 1.29 is 13.2 Å². The Hall–Kier alpha value is -1.30. The van der Waals surface area contributed by atoms with Crippen molar-refractivity contribution in [3.05, 3.63) is 24.5 Å². The Kier molecular flexibility index (Phi) is 5.08. The molecular weight excluding hydrogens is 288 g/mol. The van der Waals surface area contributed by atoms with Crippen molar-refractivity contribution in [1.82, 2.24) is 9.88 Å². The van der Waals surface area contributed by atoms with Gasteiger partial charge in [-0.25, -0.2) is 8.42 Å². The van der Waals surface area contributed by atoms with Crippen molar-refractivity contribution in [3.63, 3.8) is 0 Å². The summed E-state index contributed by atoms with van der Waals surface area (Å²) in [7, 11) is -2.88. The minimum Gasteiger partial charge on any atom is -0.354 e. The van der Waals surface area contributed by atoms with Crippen LogP contribution in [0.4, 0.5) is 0 Å². The Bertz CT molecular complexity index is 564. The van der Waals surface area contributed by atoms with Crippen LogP contribution in [-0.2, 0) is 14.6 Å². The van der Waals surface area contributed by atoms with Gasteiger partial charge in [-0.05, 0) is 36.8 Å². The van der Waals surface area contributed by atoms with Gasteiger partial charge in [-0.1, -0.05) is 13.8 Å². The van der Waals surface area contributed by atoms with Crippen molar-refractivity contribution in [2.75, 3.05) is 18.1 Å². The molecule has 1 N–H and O–H groups in total. The van der Waals surface area contributed by atoms with E-state index in [2.05, 4.69) is 19.2 Å². The second-order valence-corrected chi connectivity index (χ2v) is 8.52. The molecule has 118 valence electrons. The van der Waals surface area contributed by atoms with Gasteiger partial charge in [-0.2, -0.15) is 0 Å². The predicted molar refractivity (Wildman–Crippen MR) is 82.7 cm³/mol. The van der Waals surface area contributed by atoms with Gasteiger partial charge < -0.3 is 9.88 Å². The maximum atomic E-state index is 12.4. The summed E-state index contributed by atoms with van der Waals surface area (Å²) in [6.07, 6.45) is 5.21. The number of sulfone groups is 1. The van der Waals surface area contributed by atoms with Crippen LogP contribution < -0.4 is 5.32 Å². The number of nitrogens with zero attached hydrogens (tertiary/aromatic N) is 1. The molecule has 1 amide bonds. The molecule has 1 aliphatic rings. The van der Waals surface area contributed by atoms with E-state index in [0.717, 1.165) is 6.42 Å². The first-order valence-corrected chi connectivity index (χ1v) is 9.30. The summed E-state index contributed by atoms with van der Waals surface area (Å²) < 4.78 is 24.8. The number of amides is 1. The predicted octanol–water partition coefficient (Wildman–Crippen LogP) is 1.63. The van der Waals surface area contributed by atoms with Gasteiger partial charge in [-0.3, -0.25) is 4.79 Å². The molecule has 1 aromatic heterocycles. The molecule has 5 nitrogen and oxygen atoms in total. The molecule has 1 fully saturated rings. The lowest BCUT2D eigenvalue weighted by molar-refractivity contribution is -0.125. The summed E-state index contributed by atoms with van der Waals surface area (Å²) in [6, 6.07) is 3.59. The van der Waals surface area contributed by atoms with Crippen LogP contribution in [0.15, 0.2) is 24.5 Å². The molecular formula is C15H24N2O3S. The summed E-state index contributed by atoms with van der Waals surface area (Å²) >= 11 is 0. The Morgan fingerprint density at radius 3 is 2.52 bits per heavy atom. The van der Waals surface area contributed by atoms with Crippen LogP contribution >= 0.6 is 0 Å². The average molecular weight is 312 g/mol. The van der Waals surface area contributed by atoms with Gasteiger partial charge in [0.1, 0.15) is 6.04 Å². The summed E-state index contributed by atoms with van der Waals surface area (Å²) in [5.41, 5.74) is 0. The van der Waals surface area contributed by atoms with E-state index in [1.54, 1.807) is 0 Å². The number of hydrogen-bond acceptors (Lipinski definition) is 3. The van der Waals surface area contributed by atoms with Crippen molar-refractivity contribution in [1.29, 1.82) is 0 Å². The van der Waals surface area contributed by atoms with Gasteiger partial charge >= 0.3 is 0 Å².